The first-order chi connectivity index (χ1) is 10.5. The van der Waals surface area contributed by atoms with Gasteiger partial charge >= 0.3 is 5.97 Å². The summed E-state index contributed by atoms with van der Waals surface area (Å²) in [5.41, 5.74) is 2.31. The zero-order chi connectivity index (χ0) is 15.7. The van der Waals surface area contributed by atoms with Gasteiger partial charge in [-0.1, -0.05) is 53.5 Å². The Morgan fingerprint density at radius 1 is 1.09 bits per heavy atom. The number of fused-ring (bicyclic) bond motifs is 1. The predicted octanol–water partition coefficient (Wildman–Crippen LogP) is 4.83. The van der Waals surface area contributed by atoms with E-state index in [0.717, 1.165) is 5.56 Å². The lowest BCUT2D eigenvalue weighted by atomic mass is 10.0. The van der Waals surface area contributed by atoms with Gasteiger partial charge < -0.3 is 5.11 Å². The maximum absolute atomic E-state index is 11.5. The van der Waals surface area contributed by atoms with Gasteiger partial charge in [-0.05, 0) is 23.8 Å². The molecule has 0 aliphatic rings. The lowest BCUT2D eigenvalue weighted by Gasteiger charge is -2.09. The second-order valence-electron chi connectivity index (χ2n) is 4.91. The summed E-state index contributed by atoms with van der Waals surface area (Å²) in [6, 6.07) is 14.4. The van der Waals surface area contributed by atoms with Crippen molar-refractivity contribution in [2.24, 2.45) is 0 Å². The molecule has 0 saturated heterocycles. The number of hydrogen-bond donors (Lipinski definition) is 1. The van der Waals surface area contributed by atoms with Crippen LogP contribution < -0.4 is 0 Å². The highest BCUT2D eigenvalue weighted by Crippen LogP contribution is 2.30. The fourth-order valence-electron chi connectivity index (χ4n) is 2.38. The number of carboxylic acid groups (broad SMARTS) is 1. The summed E-state index contributed by atoms with van der Waals surface area (Å²) in [7, 11) is 0. The van der Waals surface area contributed by atoms with E-state index in [1.165, 1.54) is 0 Å². The van der Waals surface area contributed by atoms with Crippen LogP contribution in [-0.2, 0) is 6.42 Å². The number of carboxylic acids is 1. The van der Waals surface area contributed by atoms with Crippen LogP contribution in [0.15, 0.2) is 48.5 Å². The Morgan fingerprint density at radius 3 is 2.50 bits per heavy atom. The summed E-state index contributed by atoms with van der Waals surface area (Å²) in [4.78, 5) is 16.0. The Balaban J connectivity index is 2.19. The normalized spacial score (nSPS) is 10.8. The number of benzene rings is 2. The number of carbonyl (C=O) groups is 1. The smallest absolute Gasteiger partial charge is 0.336 e. The van der Waals surface area contributed by atoms with Crippen molar-refractivity contribution in [3.63, 3.8) is 0 Å². The minimum Gasteiger partial charge on any atom is -0.478 e. The van der Waals surface area contributed by atoms with Crippen molar-refractivity contribution in [2.75, 3.05) is 0 Å². The summed E-state index contributed by atoms with van der Waals surface area (Å²) >= 11 is 12.1. The van der Waals surface area contributed by atoms with E-state index in [0.29, 0.717) is 33.1 Å². The van der Waals surface area contributed by atoms with Crippen molar-refractivity contribution in [1.82, 2.24) is 4.98 Å². The maximum atomic E-state index is 11.5. The molecule has 0 aliphatic heterocycles. The Hall–Kier alpha value is -2.10. The topological polar surface area (TPSA) is 50.2 Å². The molecule has 1 N–H and O–H groups in total. The van der Waals surface area contributed by atoms with Gasteiger partial charge in [0.1, 0.15) is 0 Å². The fourth-order valence-corrected chi connectivity index (χ4v) is 2.91. The highest BCUT2D eigenvalue weighted by atomic mass is 35.5. The molecule has 0 radical (unpaired) electrons. The quantitative estimate of drug-likeness (QED) is 0.747. The summed E-state index contributed by atoms with van der Waals surface area (Å²) < 4.78 is 0. The van der Waals surface area contributed by atoms with Crippen molar-refractivity contribution in [3.8, 4) is 0 Å². The summed E-state index contributed by atoms with van der Waals surface area (Å²) in [6.07, 6.45) is 0.538. The van der Waals surface area contributed by atoms with Crippen molar-refractivity contribution in [3.05, 3.63) is 75.4 Å². The molecule has 0 atom stereocenters. The number of nitrogens with zero attached hydrogens (tertiary/aromatic N) is 1. The van der Waals surface area contributed by atoms with Crippen LogP contribution in [0.25, 0.3) is 10.9 Å². The molecule has 0 bridgehead atoms. The van der Waals surface area contributed by atoms with Crippen LogP contribution in [0, 0.1) is 0 Å². The van der Waals surface area contributed by atoms with Gasteiger partial charge in [0.2, 0.25) is 0 Å². The van der Waals surface area contributed by atoms with Gasteiger partial charge in [0.15, 0.2) is 0 Å². The van der Waals surface area contributed by atoms with E-state index in [4.69, 9.17) is 23.2 Å². The molecule has 3 rings (SSSR count). The highest BCUT2D eigenvalue weighted by molar-refractivity contribution is 6.38. The monoisotopic (exact) mass is 331 g/mol. The van der Waals surface area contributed by atoms with Crippen molar-refractivity contribution in [1.29, 1.82) is 0 Å². The molecule has 1 heterocycles. The third-order valence-corrected chi connectivity index (χ3v) is 3.85. The van der Waals surface area contributed by atoms with Gasteiger partial charge in [-0.2, -0.15) is 0 Å². The van der Waals surface area contributed by atoms with Gasteiger partial charge in [0, 0.05) is 22.5 Å². The number of hydrogen-bond acceptors (Lipinski definition) is 2. The molecule has 22 heavy (non-hydrogen) atoms. The van der Waals surface area contributed by atoms with Crippen molar-refractivity contribution in [2.45, 2.75) is 6.42 Å². The van der Waals surface area contributed by atoms with E-state index in [-0.39, 0.29) is 5.56 Å². The Labute approximate surface area is 137 Å². The van der Waals surface area contributed by atoms with Crippen LogP contribution in [0.5, 0.6) is 0 Å². The number of rotatable bonds is 3. The third-order valence-electron chi connectivity index (χ3n) is 3.34. The van der Waals surface area contributed by atoms with E-state index >= 15 is 0 Å². The van der Waals surface area contributed by atoms with Crippen LogP contribution in [0.3, 0.4) is 0 Å². The van der Waals surface area contributed by atoms with Gasteiger partial charge in [0.05, 0.1) is 16.1 Å². The molecule has 110 valence electrons. The lowest BCUT2D eigenvalue weighted by molar-refractivity contribution is 0.0699. The zero-order valence-electron chi connectivity index (χ0n) is 11.4. The zero-order valence-corrected chi connectivity index (χ0v) is 12.9. The van der Waals surface area contributed by atoms with Crippen LogP contribution in [0.1, 0.15) is 21.6 Å². The van der Waals surface area contributed by atoms with E-state index in [9.17, 15) is 9.90 Å². The first kappa shape index (κ1) is 14.8. The second-order valence-corrected chi connectivity index (χ2v) is 5.76. The van der Waals surface area contributed by atoms with Crippen LogP contribution in [-0.4, -0.2) is 16.1 Å². The SMILES string of the molecule is O=C(O)c1cc(Cc2ccccc2)nc2c(Cl)cc(Cl)cc12. The molecule has 0 fully saturated rings. The first-order valence-electron chi connectivity index (χ1n) is 6.60. The van der Waals surface area contributed by atoms with E-state index in [1.807, 2.05) is 30.3 Å². The molecular formula is C17H11Cl2NO2. The molecule has 3 nitrogen and oxygen atoms in total. The Morgan fingerprint density at radius 2 is 1.82 bits per heavy atom. The summed E-state index contributed by atoms with van der Waals surface area (Å²) in [6.45, 7) is 0. The van der Waals surface area contributed by atoms with Crippen LogP contribution in [0.2, 0.25) is 10.0 Å². The Kier molecular flexibility index (Phi) is 4.01. The van der Waals surface area contributed by atoms with E-state index < -0.39 is 5.97 Å². The van der Waals surface area contributed by atoms with Crippen molar-refractivity contribution < 1.29 is 9.90 Å². The average Bonchev–Trinajstić information content (AvgIpc) is 2.48. The lowest BCUT2D eigenvalue weighted by Crippen LogP contribution is -2.03. The largest absolute Gasteiger partial charge is 0.478 e. The number of aromatic nitrogens is 1. The molecule has 2 aromatic carbocycles. The van der Waals surface area contributed by atoms with E-state index in [2.05, 4.69) is 4.98 Å². The number of halogens is 2. The highest BCUT2D eigenvalue weighted by Gasteiger charge is 2.15. The van der Waals surface area contributed by atoms with Gasteiger partial charge in [-0.15, -0.1) is 0 Å². The fraction of sp³-hybridized carbons (Fsp3) is 0.0588. The van der Waals surface area contributed by atoms with Gasteiger partial charge in [-0.3, -0.25) is 4.98 Å². The Bertz CT molecular complexity index is 863. The molecular weight excluding hydrogens is 321 g/mol. The summed E-state index contributed by atoms with van der Waals surface area (Å²) in [5, 5.41) is 10.6. The second kappa shape index (κ2) is 5.95. The molecule has 0 unspecified atom stereocenters. The standard InChI is InChI=1S/C17H11Cl2NO2/c18-11-7-13-14(17(21)22)9-12(20-16(13)15(19)8-11)6-10-4-2-1-3-5-10/h1-5,7-9H,6H2,(H,21,22). The average molecular weight is 332 g/mol. The van der Waals surface area contributed by atoms with E-state index in [1.54, 1.807) is 18.2 Å². The van der Waals surface area contributed by atoms with Crippen LogP contribution in [0.4, 0.5) is 0 Å². The molecule has 0 saturated carbocycles. The summed E-state index contributed by atoms with van der Waals surface area (Å²) in [5.74, 6) is -1.03. The molecule has 1 aromatic heterocycles. The minimum atomic E-state index is -1.03. The number of pyridine rings is 1. The molecule has 0 amide bonds. The maximum Gasteiger partial charge on any atom is 0.336 e. The van der Waals surface area contributed by atoms with Gasteiger partial charge in [0.25, 0.3) is 0 Å². The van der Waals surface area contributed by atoms with Crippen molar-refractivity contribution >= 4 is 40.1 Å². The molecule has 0 spiro atoms. The molecule has 3 aromatic rings. The minimum absolute atomic E-state index is 0.153. The molecule has 0 aliphatic carbocycles. The third kappa shape index (κ3) is 2.91. The van der Waals surface area contributed by atoms with Crippen LogP contribution >= 0.6 is 23.2 Å². The van der Waals surface area contributed by atoms with Gasteiger partial charge in [-0.25, -0.2) is 4.79 Å². The molecule has 5 heteroatoms. The number of aromatic carboxylic acids is 1. The first-order valence-corrected chi connectivity index (χ1v) is 7.36. The predicted molar refractivity (Wildman–Crippen MR) is 88.0 cm³/mol.